The van der Waals surface area contributed by atoms with Crippen LogP contribution in [0.25, 0.3) is 0 Å². The Labute approximate surface area is 118 Å². The lowest BCUT2D eigenvalue weighted by Gasteiger charge is -2.30. The molecule has 1 unspecified atom stereocenters. The third kappa shape index (κ3) is 4.05. The second-order valence-electron chi connectivity index (χ2n) is 4.38. The highest BCUT2D eigenvalue weighted by molar-refractivity contribution is 9.10. The summed E-state index contributed by atoms with van der Waals surface area (Å²) in [6, 6.07) is 6.71. The number of aryl methyl sites for hydroxylation is 1. The summed E-state index contributed by atoms with van der Waals surface area (Å²) >= 11 is 3.58. The van der Waals surface area contributed by atoms with Crippen molar-refractivity contribution < 1.29 is 4.74 Å². The summed E-state index contributed by atoms with van der Waals surface area (Å²) in [5.74, 6) is 0. The molecule has 0 aliphatic heterocycles. The lowest BCUT2D eigenvalue weighted by Crippen LogP contribution is -2.36. The molecule has 18 heavy (non-hydrogen) atoms. The van der Waals surface area contributed by atoms with Crippen LogP contribution < -0.4 is 5.73 Å². The molecule has 3 nitrogen and oxygen atoms in total. The van der Waals surface area contributed by atoms with Gasteiger partial charge >= 0.3 is 0 Å². The Kier molecular flexibility index (Phi) is 6.86. The van der Waals surface area contributed by atoms with E-state index in [0.717, 1.165) is 24.2 Å². The predicted molar refractivity (Wildman–Crippen MR) is 79.8 cm³/mol. The molecule has 1 aromatic rings. The molecule has 0 heterocycles. The van der Waals surface area contributed by atoms with Gasteiger partial charge in [0, 0.05) is 30.7 Å². The molecular formula is C14H23BrN2O. The SMILES string of the molecule is CCN(CCOC)C(CN)c1ccc(C)c(Br)c1. The molecule has 0 amide bonds. The standard InChI is InChI=1S/C14H23BrN2O/c1-4-17(7-8-18-3)14(10-16)12-6-5-11(2)13(15)9-12/h5-6,9,14H,4,7-8,10,16H2,1-3H3. The van der Waals surface area contributed by atoms with Crippen molar-refractivity contribution in [3.8, 4) is 0 Å². The predicted octanol–water partition coefficient (Wildman–Crippen LogP) is 2.73. The van der Waals surface area contributed by atoms with Crippen LogP contribution in [0.15, 0.2) is 22.7 Å². The van der Waals surface area contributed by atoms with E-state index in [2.05, 4.69) is 52.9 Å². The largest absolute Gasteiger partial charge is 0.383 e. The second kappa shape index (κ2) is 7.89. The molecule has 0 aromatic heterocycles. The van der Waals surface area contributed by atoms with Gasteiger partial charge in [0.1, 0.15) is 0 Å². The fourth-order valence-corrected chi connectivity index (χ4v) is 2.45. The van der Waals surface area contributed by atoms with Crippen molar-refractivity contribution in [3.63, 3.8) is 0 Å². The summed E-state index contributed by atoms with van der Waals surface area (Å²) in [6.07, 6.45) is 0. The molecule has 0 fully saturated rings. The topological polar surface area (TPSA) is 38.5 Å². The highest BCUT2D eigenvalue weighted by atomic mass is 79.9. The molecule has 1 rings (SSSR count). The zero-order valence-corrected chi connectivity index (χ0v) is 13.0. The molecule has 1 aromatic carbocycles. The van der Waals surface area contributed by atoms with Gasteiger partial charge in [-0.15, -0.1) is 0 Å². The van der Waals surface area contributed by atoms with Gasteiger partial charge in [-0.25, -0.2) is 0 Å². The minimum Gasteiger partial charge on any atom is -0.383 e. The monoisotopic (exact) mass is 314 g/mol. The summed E-state index contributed by atoms with van der Waals surface area (Å²) in [5.41, 5.74) is 8.45. The number of hydrogen-bond donors (Lipinski definition) is 1. The zero-order chi connectivity index (χ0) is 13.5. The Morgan fingerprint density at radius 1 is 1.44 bits per heavy atom. The van der Waals surface area contributed by atoms with Gasteiger partial charge in [0.05, 0.1) is 6.61 Å². The fourth-order valence-electron chi connectivity index (χ4n) is 2.06. The van der Waals surface area contributed by atoms with Crippen molar-refractivity contribution in [2.45, 2.75) is 19.9 Å². The fraction of sp³-hybridized carbons (Fsp3) is 0.571. The maximum Gasteiger partial charge on any atom is 0.0589 e. The minimum absolute atomic E-state index is 0.252. The number of nitrogens with zero attached hydrogens (tertiary/aromatic N) is 1. The van der Waals surface area contributed by atoms with Gasteiger partial charge in [0.2, 0.25) is 0 Å². The van der Waals surface area contributed by atoms with Crippen molar-refractivity contribution in [2.24, 2.45) is 5.73 Å². The van der Waals surface area contributed by atoms with E-state index < -0.39 is 0 Å². The van der Waals surface area contributed by atoms with Gasteiger partial charge in [-0.2, -0.15) is 0 Å². The first-order valence-corrected chi connectivity index (χ1v) is 7.12. The van der Waals surface area contributed by atoms with Crippen LogP contribution in [0.3, 0.4) is 0 Å². The maximum atomic E-state index is 5.94. The summed E-state index contributed by atoms with van der Waals surface area (Å²) < 4.78 is 6.30. The number of nitrogens with two attached hydrogens (primary N) is 1. The molecule has 0 saturated carbocycles. The van der Waals surface area contributed by atoms with Gasteiger partial charge < -0.3 is 10.5 Å². The normalized spacial score (nSPS) is 13.0. The van der Waals surface area contributed by atoms with E-state index in [4.69, 9.17) is 10.5 Å². The van der Waals surface area contributed by atoms with E-state index in [1.807, 2.05) is 0 Å². The van der Waals surface area contributed by atoms with E-state index in [1.165, 1.54) is 11.1 Å². The van der Waals surface area contributed by atoms with Crippen molar-refractivity contribution in [1.82, 2.24) is 4.90 Å². The number of ether oxygens (including phenoxy) is 1. The van der Waals surface area contributed by atoms with Gasteiger partial charge in [-0.05, 0) is 30.7 Å². The lowest BCUT2D eigenvalue weighted by molar-refractivity contribution is 0.125. The van der Waals surface area contributed by atoms with Crippen molar-refractivity contribution in [2.75, 3.05) is 33.4 Å². The smallest absolute Gasteiger partial charge is 0.0589 e. The van der Waals surface area contributed by atoms with E-state index >= 15 is 0 Å². The van der Waals surface area contributed by atoms with E-state index in [-0.39, 0.29) is 6.04 Å². The quantitative estimate of drug-likeness (QED) is 0.841. The highest BCUT2D eigenvalue weighted by Gasteiger charge is 2.17. The van der Waals surface area contributed by atoms with Gasteiger partial charge in [0.15, 0.2) is 0 Å². The molecule has 102 valence electrons. The number of likely N-dealkylation sites (N-methyl/N-ethyl adjacent to an activating group) is 1. The summed E-state index contributed by atoms with van der Waals surface area (Å²) in [4.78, 5) is 2.35. The van der Waals surface area contributed by atoms with E-state index in [1.54, 1.807) is 7.11 Å². The lowest BCUT2D eigenvalue weighted by atomic mass is 10.0. The van der Waals surface area contributed by atoms with Crippen LogP contribution >= 0.6 is 15.9 Å². The maximum absolute atomic E-state index is 5.94. The third-order valence-electron chi connectivity index (χ3n) is 3.23. The van der Waals surface area contributed by atoms with E-state index in [9.17, 15) is 0 Å². The summed E-state index contributed by atoms with van der Waals surface area (Å²) in [7, 11) is 1.73. The highest BCUT2D eigenvalue weighted by Crippen LogP contribution is 2.25. The van der Waals surface area contributed by atoms with Gasteiger partial charge in [0.25, 0.3) is 0 Å². The molecular weight excluding hydrogens is 292 g/mol. The molecule has 0 spiro atoms. The summed E-state index contributed by atoms with van der Waals surface area (Å²) in [6.45, 7) is 7.47. The summed E-state index contributed by atoms with van der Waals surface area (Å²) in [5, 5.41) is 0. The average Bonchev–Trinajstić information content (AvgIpc) is 2.38. The molecule has 0 aliphatic carbocycles. The van der Waals surface area contributed by atoms with Gasteiger partial charge in [-0.1, -0.05) is 35.0 Å². The molecule has 4 heteroatoms. The molecule has 0 radical (unpaired) electrons. The van der Waals surface area contributed by atoms with Crippen molar-refractivity contribution >= 4 is 15.9 Å². The Morgan fingerprint density at radius 2 is 2.17 bits per heavy atom. The Hall–Kier alpha value is -0.420. The van der Waals surface area contributed by atoms with Crippen LogP contribution in [-0.2, 0) is 4.74 Å². The van der Waals surface area contributed by atoms with Crippen molar-refractivity contribution in [1.29, 1.82) is 0 Å². The van der Waals surface area contributed by atoms with Crippen LogP contribution in [0, 0.1) is 6.92 Å². The first-order chi connectivity index (χ1) is 8.63. The molecule has 0 saturated heterocycles. The average molecular weight is 315 g/mol. The third-order valence-corrected chi connectivity index (χ3v) is 4.09. The molecule has 0 aliphatic rings. The molecule has 1 atom stereocenters. The Balaban J connectivity index is 2.88. The zero-order valence-electron chi connectivity index (χ0n) is 11.4. The van der Waals surface area contributed by atoms with E-state index in [0.29, 0.717) is 6.54 Å². The molecule has 2 N–H and O–H groups in total. The second-order valence-corrected chi connectivity index (χ2v) is 5.24. The van der Waals surface area contributed by atoms with Crippen LogP contribution in [0.4, 0.5) is 0 Å². The van der Waals surface area contributed by atoms with Crippen LogP contribution in [0.1, 0.15) is 24.1 Å². The number of halogens is 1. The molecule has 0 bridgehead atoms. The van der Waals surface area contributed by atoms with Crippen LogP contribution in [0.5, 0.6) is 0 Å². The minimum atomic E-state index is 0.252. The van der Waals surface area contributed by atoms with Crippen LogP contribution in [0.2, 0.25) is 0 Å². The first-order valence-electron chi connectivity index (χ1n) is 6.33. The number of methoxy groups -OCH3 is 1. The Morgan fingerprint density at radius 3 is 2.67 bits per heavy atom. The first kappa shape index (κ1) is 15.6. The van der Waals surface area contributed by atoms with Crippen LogP contribution in [-0.4, -0.2) is 38.3 Å². The number of hydrogen-bond acceptors (Lipinski definition) is 3. The number of rotatable bonds is 7. The van der Waals surface area contributed by atoms with Gasteiger partial charge in [-0.3, -0.25) is 4.90 Å². The number of benzene rings is 1. The Bertz CT molecular complexity index is 371. The van der Waals surface area contributed by atoms with Crippen molar-refractivity contribution in [3.05, 3.63) is 33.8 Å².